The molecule has 17 heteroatoms. The molecule has 0 unspecified atom stereocenters. The highest BCUT2D eigenvalue weighted by molar-refractivity contribution is 6.06. The Morgan fingerprint density at radius 1 is 1.08 bits per heavy atom. The lowest BCUT2D eigenvalue weighted by Gasteiger charge is -2.47. The molecule has 0 radical (unpaired) electrons. The fourth-order valence-electron chi connectivity index (χ4n) is 9.08. The van der Waals surface area contributed by atoms with E-state index in [0.29, 0.717) is 68.2 Å². The molecule has 2 amide bonds. The number of benzene rings is 1. The van der Waals surface area contributed by atoms with Crippen molar-refractivity contribution in [1.82, 2.24) is 24.0 Å². The Hall–Kier alpha value is -5.52. The SMILES string of the molecule is C=CC(=O)Nc1cc(Nc2nc(-c3ccnc(N4CCn5c(cc6c5CC(C)(C)C6)C4=O)c3CO)cn(C)c2=O)ccc1N1CCN(C2CCOCC2)C[C@@H]1C(F)(F)F. The van der Waals surface area contributed by atoms with Gasteiger partial charge in [-0.2, -0.15) is 13.2 Å². The molecule has 312 valence electrons. The second-order valence-corrected chi connectivity index (χ2v) is 16.5. The summed E-state index contributed by atoms with van der Waals surface area (Å²) in [6.45, 7) is 9.64. The van der Waals surface area contributed by atoms with Gasteiger partial charge >= 0.3 is 6.18 Å². The fraction of sp³-hybridized carbons (Fsp3) is 0.452. The van der Waals surface area contributed by atoms with Gasteiger partial charge in [0.05, 0.1) is 23.7 Å². The molecule has 3 N–H and O–H groups in total. The summed E-state index contributed by atoms with van der Waals surface area (Å²) < 4.78 is 53.0. The summed E-state index contributed by atoms with van der Waals surface area (Å²) in [5.41, 5.74) is 4.19. The van der Waals surface area contributed by atoms with Gasteiger partial charge in [0, 0.05) is 93.9 Å². The number of aliphatic hydroxyl groups excluding tert-OH is 1. The van der Waals surface area contributed by atoms with Gasteiger partial charge in [-0.05, 0) is 73.1 Å². The zero-order chi connectivity index (χ0) is 41.8. The molecule has 59 heavy (non-hydrogen) atoms. The van der Waals surface area contributed by atoms with Gasteiger partial charge in [0.15, 0.2) is 5.82 Å². The average molecular weight is 816 g/mol. The molecule has 0 spiro atoms. The zero-order valence-corrected chi connectivity index (χ0v) is 33.3. The third-order valence-corrected chi connectivity index (χ3v) is 11.9. The Labute approximate surface area is 339 Å². The molecule has 2 saturated heterocycles. The van der Waals surface area contributed by atoms with Crippen LogP contribution in [0.3, 0.4) is 0 Å². The third-order valence-electron chi connectivity index (χ3n) is 11.9. The highest BCUT2D eigenvalue weighted by atomic mass is 19.4. The van der Waals surface area contributed by atoms with E-state index in [2.05, 4.69) is 45.6 Å². The quantitative estimate of drug-likeness (QED) is 0.197. The van der Waals surface area contributed by atoms with E-state index in [4.69, 9.17) is 4.74 Å². The highest BCUT2D eigenvalue weighted by Crippen LogP contribution is 2.41. The molecule has 3 aromatic heterocycles. The molecular weight excluding hydrogens is 768 g/mol. The maximum atomic E-state index is 14.7. The van der Waals surface area contributed by atoms with Crippen molar-refractivity contribution in [3.8, 4) is 11.3 Å². The van der Waals surface area contributed by atoms with Crippen LogP contribution in [0.5, 0.6) is 0 Å². The van der Waals surface area contributed by atoms with Crippen LogP contribution in [0.4, 0.5) is 41.9 Å². The van der Waals surface area contributed by atoms with Crippen LogP contribution in [-0.2, 0) is 42.6 Å². The highest BCUT2D eigenvalue weighted by Gasteiger charge is 2.48. The van der Waals surface area contributed by atoms with Crippen molar-refractivity contribution in [2.24, 2.45) is 12.5 Å². The number of aliphatic hydroxyl groups is 1. The molecule has 4 aromatic rings. The van der Waals surface area contributed by atoms with E-state index in [1.54, 1.807) is 11.0 Å². The maximum Gasteiger partial charge on any atom is 0.409 e. The zero-order valence-electron chi connectivity index (χ0n) is 33.3. The number of hydrogen-bond donors (Lipinski definition) is 3. The molecule has 1 aromatic carbocycles. The molecule has 3 aliphatic heterocycles. The molecule has 0 saturated carbocycles. The number of carbonyl (C=O) groups excluding carboxylic acids is 2. The van der Waals surface area contributed by atoms with Gasteiger partial charge in [-0.1, -0.05) is 20.4 Å². The molecule has 14 nitrogen and oxygen atoms in total. The number of anilines is 5. The first-order valence-corrected chi connectivity index (χ1v) is 19.9. The van der Waals surface area contributed by atoms with Crippen LogP contribution in [0.25, 0.3) is 11.3 Å². The lowest BCUT2D eigenvalue weighted by Crippen LogP contribution is -2.61. The van der Waals surface area contributed by atoms with E-state index in [1.807, 2.05) is 11.0 Å². The van der Waals surface area contributed by atoms with Crippen LogP contribution >= 0.6 is 0 Å². The van der Waals surface area contributed by atoms with Crippen molar-refractivity contribution in [2.45, 2.75) is 70.9 Å². The van der Waals surface area contributed by atoms with E-state index in [9.17, 15) is 32.7 Å². The largest absolute Gasteiger partial charge is 0.409 e. The summed E-state index contributed by atoms with van der Waals surface area (Å²) in [7, 11) is 1.54. The number of ether oxygens (including phenoxy) is 1. The molecule has 4 aliphatic rings. The number of aromatic nitrogens is 4. The number of amides is 2. The van der Waals surface area contributed by atoms with E-state index in [1.165, 1.54) is 58.4 Å². The predicted octanol–water partition coefficient (Wildman–Crippen LogP) is 5.02. The number of halogens is 3. The summed E-state index contributed by atoms with van der Waals surface area (Å²) in [5, 5.41) is 16.4. The summed E-state index contributed by atoms with van der Waals surface area (Å²) in [5.74, 6) is -0.674. The Morgan fingerprint density at radius 3 is 2.59 bits per heavy atom. The summed E-state index contributed by atoms with van der Waals surface area (Å²) in [6, 6.07) is 6.25. The smallest absolute Gasteiger partial charge is 0.392 e. The molecule has 0 bridgehead atoms. The first-order chi connectivity index (χ1) is 28.2. The number of piperazine rings is 1. The van der Waals surface area contributed by atoms with Gasteiger partial charge in [-0.3, -0.25) is 24.2 Å². The summed E-state index contributed by atoms with van der Waals surface area (Å²) in [4.78, 5) is 54.0. The van der Waals surface area contributed by atoms with Gasteiger partial charge in [0.25, 0.3) is 11.5 Å². The Bertz CT molecular complexity index is 2370. The number of carbonyl (C=O) groups is 2. The number of pyridine rings is 1. The van der Waals surface area contributed by atoms with Gasteiger partial charge in [0.2, 0.25) is 5.91 Å². The van der Waals surface area contributed by atoms with Crippen molar-refractivity contribution < 1.29 is 32.6 Å². The van der Waals surface area contributed by atoms with E-state index in [-0.39, 0.29) is 59.2 Å². The van der Waals surface area contributed by atoms with Crippen LogP contribution in [0.15, 0.2) is 60.2 Å². The average Bonchev–Trinajstić information content (AvgIpc) is 3.71. The van der Waals surface area contributed by atoms with Crippen molar-refractivity contribution in [3.05, 3.63) is 88.2 Å². The van der Waals surface area contributed by atoms with E-state index < -0.39 is 30.3 Å². The van der Waals surface area contributed by atoms with Crippen molar-refractivity contribution >= 4 is 40.5 Å². The van der Waals surface area contributed by atoms with Crippen molar-refractivity contribution in [3.63, 3.8) is 0 Å². The maximum absolute atomic E-state index is 14.7. The number of rotatable bonds is 9. The predicted molar refractivity (Wildman–Crippen MR) is 217 cm³/mol. The fourth-order valence-corrected chi connectivity index (χ4v) is 9.08. The van der Waals surface area contributed by atoms with Crippen LogP contribution in [-0.4, -0.2) is 98.6 Å². The molecular formula is C42H48F3N9O5. The van der Waals surface area contributed by atoms with Gasteiger partial charge < -0.3 is 34.5 Å². The summed E-state index contributed by atoms with van der Waals surface area (Å²) >= 11 is 0. The standard InChI is InChI=1S/C42H48F3N9O5/c1-5-36(56)48-30-19-26(6-7-32(30)53-13-12-51(23-35(53)42(43,44)45)27-9-16-59-17-10-27)47-37-40(58)50(4)22-31(49-37)28-8-11-46-38(29(28)24-55)54-15-14-52-33(39(54)57)18-25-20-41(2,3)21-34(25)52/h5-8,11,18-19,22,27,35,55H,1,9-10,12-17,20-21,23-24H2,2-4H3,(H,47,49)(H,48,56)/t35-/m1/s1. The molecule has 1 aliphatic carbocycles. The number of aryl methyl sites for hydroxylation is 1. The minimum Gasteiger partial charge on any atom is -0.392 e. The van der Waals surface area contributed by atoms with Crippen molar-refractivity contribution in [2.75, 3.05) is 59.8 Å². The topological polar surface area (TPSA) is 150 Å². The minimum atomic E-state index is -4.57. The van der Waals surface area contributed by atoms with Crippen LogP contribution in [0, 0.1) is 5.41 Å². The Morgan fingerprint density at radius 2 is 1.86 bits per heavy atom. The van der Waals surface area contributed by atoms with Gasteiger partial charge in [0.1, 0.15) is 17.6 Å². The molecule has 1 atom stereocenters. The second-order valence-electron chi connectivity index (χ2n) is 16.5. The van der Waals surface area contributed by atoms with Gasteiger partial charge in [-0.15, -0.1) is 0 Å². The number of hydrogen-bond acceptors (Lipinski definition) is 10. The Balaban J connectivity index is 1.09. The van der Waals surface area contributed by atoms with Crippen LogP contribution in [0.1, 0.15) is 54.0 Å². The normalized spacial score (nSPS) is 19.7. The third kappa shape index (κ3) is 7.74. The monoisotopic (exact) mass is 815 g/mol. The number of alkyl halides is 3. The molecule has 6 heterocycles. The number of fused-ring (bicyclic) bond motifs is 3. The van der Waals surface area contributed by atoms with E-state index >= 15 is 0 Å². The van der Waals surface area contributed by atoms with E-state index in [0.717, 1.165) is 18.9 Å². The molecule has 2 fully saturated rings. The Kier molecular flexibility index (Phi) is 10.6. The first-order valence-electron chi connectivity index (χ1n) is 19.9. The number of nitrogens with zero attached hydrogens (tertiary/aromatic N) is 7. The summed E-state index contributed by atoms with van der Waals surface area (Å²) in [6.07, 6.45) is 2.61. The van der Waals surface area contributed by atoms with Crippen LogP contribution in [0.2, 0.25) is 0 Å². The molecule has 8 rings (SSSR count). The lowest BCUT2D eigenvalue weighted by molar-refractivity contribution is -0.159. The van der Waals surface area contributed by atoms with Gasteiger partial charge in [-0.25, -0.2) is 9.97 Å². The second kappa shape index (κ2) is 15.6. The van der Waals surface area contributed by atoms with Crippen molar-refractivity contribution in [1.29, 1.82) is 0 Å². The lowest BCUT2D eigenvalue weighted by atomic mass is 9.90. The van der Waals surface area contributed by atoms with Crippen LogP contribution < -0.4 is 26.0 Å². The number of nitrogens with one attached hydrogen (secondary N) is 2. The first kappa shape index (κ1) is 40.3. The minimum absolute atomic E-state index is 0.00533.